The fourth-order valence-electron chi connectivity index (χ4n) is 2.79. The molecule has 0 aromatic heterocycles. The molecule has 1 saturated carbocycles. The molecule has 0 radical (unpaired) electrons. The van der Waals surface area contributed by atoms with Crippen LogP contribution in [0.2, 0.25) is 5.02 Å². The normalized spacial score (nSPS) is 16.1. The van der Waals surface area contributed by atoms with Crippen molar-refractivity contribution < 1.29 is 9.47 Å². The van der Waals surface area contributed by atoms with Crippen LogP contribution in [0.15, 0.2) is 18.2 Å². The minimum absolute atomic E-state index is 0.506. The lowest BCUT2D eigenvalue weighted by Gasteiger charge is -2.21. The van der Waals surface area contributed by atoms with E-state index < -0.39 is 0 Å². The van der Waals surface area contributed by atoms with Gasteiger partial charge in [-0.2, -0.15) is 0 Å². The second-order valence-corrected chi connectivity index (χ2v) is 6.05. The summed E-state index contributed by atoms with van der Waals surface area (Å²) in [7, 11) is 1.69. The van der Waals surface area contributed by atoms with E-state index >= 15 is 0 Å². The van der Waals surface area contributed by atoms with Crippen molar-refractivity contribution in [2.75, 3.05) is 20.3 Å². The van der Waals surface area contributed by atoms with Gasteiger partial charge in [0.05, 0.1) is 13.2 Å². The van der Waals surface area contributed by atoms with Crippen LogP contribution in [0.25, 0.3) is 0 Å². The first-order valence-electron chi connectivity index (χ1n) is 7.94. The lowest BCUT2D eigenvalue weighted by molar-refractivity contribution is 0.0273. The average molecular weight is 312 g/mol. The Morgan fingerprint density at radius 1 is 1.24 bits per heavy atom. The van der Waals surface area contributed by atoms with Crippen LogP contribution in [0.4, 0.5) is 0 Å². The first kappa shape index (κ1) is 16.6. The molecule has 0 heterocycles. The largest absolute Gasteiger partial charge is 0.496 e. The highest BCUT2D eigenvalue weighted by atomic mass is 35.5. The fraction of sp³-hybridized carbons (Fsp3) is 0.647. The number of hydrogen-bond acceptors (Lipinski definition) is 3. The van der Waals surface area contributed by atoms with Crippen molar-refractivity contribution in [2.24, 2.45) is 0 Å². The summed E-state index contributed by atoms with van der Waals surface area (Å²) in [5.74, 6) is 0.880. The van der Waals surface area contributed by atoms with Crippen molar-refractivity contribution in [3.8, 4) is 5.75 Å². The average Bonchev–Trinajstić information content (AvgIpc) is 2.52. The first-order valence-corrected chi connectivity index (χ1v) is 8.32. The number of ether oxygens (including phenoxy) is 2. The monoisotopic (exact) mass is 311 g/mol. The van der Waals surface area contributed by atoms with Crippen LogP contribution in [0.3, 0.4) is 0 Å². The Kier molecular flexibility index (Phi) is 7.34. The van der Waals surface area contributed by atoms with Crippen LogP contribution in [0, 0.1) is 0 Å². The van der Waals surface area contributed by atoms with Gasteiger partial charge >= 0.3 is 0 Å². The van der Waals surface area contributed by atoms with Crippen molar-refractivity contribution in [1.29, 1.82) is 0 Å². The van der Waals surface area contributed by atoms with Crippen LogP contribution in [-0.4, -0.2) is 26.4 Å². The van der Waals surface area contributed by atoms with Crippen LogP contribution in [0.1, 0.15) is 44.1 Å². The second-order valence-electron chi connectivity index (χ2n) is 5.62. The van der Waals surface area contributed by atoms with E-state index in [0.29, 0.717) is 6.10 Å². The third-order valence-electron chi connectivity index (χ3n) is 3.96. The van der Waals surface area contributed by atoms with Gasteiger partial charge in [0.1, 0.15) is 5.75 Å². The standard InChI is InChI=1S/C17H26ClNO2/c1-20-17-9-8-15(18)12-14(17)13-19-10-5-11-21-16-6-3-2-4-7-16/h8-9,12,16,19H,2-7,10-11,13H2,1H3. The van der Waals surface area contributed by atoms with Gasteiger partial charge in [-0.1, -0.05) is 30.9 Å². The van der Waals surface area contributed by atoms with Crippen molar-refractivity contribution in [3.63, 3.8) is 0 Å². The highest BCUT2D eigenvalue weighted by Crippen LogP contribution is 2.22. The van der Waals surface area contributed by atoms with E-state index in [0.717, 1.165) is 42.5 Å². The summed E-state index contributed by atoms with van der Waals surface area (Å²) >= 11 is 6.02. The maximum absolute atomic E-state index is 6.02. The molecule has 1 aromatic carbocycles. The predicted octanol–water partition coefficient (Wildman–Crippen LogP) is 4.18. The summed E-state index contributed by atoms with van der Waals surface area (Å²) in [6.45, 7) is 2.57. The van der Waals surface area contributed by atoms with Crippen molar-refractivity contribution in [1.82, 2.24) is 5.32 Å². The fourth-order valence-corrected chi connectivity index (χ4v) is 2.98. The number of nitrogens with one attached hydrogen (secondary N) is 1. The van der Waals surface area contributed by atoms with Gasteiger partial charge in [0.15, 0.2) is 0 Å². The van der Waals surface area contributed by atoms with Gasteiger partial charge in [0.25, 0.3) is 0 Å². The highest BCUT2D eigenvalue weighted by Gasteiger charge is 2.12. The molecule has 1 fully saturated rings. The SMILES string of the molecule is COc1ccc(Cl)cc1CNCCCOC1CCCCC1. The molecule has 21 heavy (non-hydrogen) atoms. The van der Waals surface area contributed by atoms with Gasteiger partial charge in [-0.3, -0.25) is 0 Å². The third-order valence-corrected chi connectivity index (χ3v) is 4.20. The van der Waals surface area contributed by atoms with Gasteiger partial charge in [-0.15, -0.1) is 0 Å². The summed E-state index contributed by atoms with van der Waals surface area (Å²) in [6, 6.07) is 5.71. The molecule has 1 aromatic rings. The summed E-state index contributed by atoms with van der Waals surface area (Å²) < 4.78 is 11.2. The number of hydrogen-bond donors (Lipinski definition) is 1. The summed E-state index contributed by atoms with van der Waals surface area (Å²) in [6.07, 6.45) is 8.07. The zero-order chi connectivity index (χ0) is 14.9. The number of methoxy groups -OCH3 is 1. The maximum atomic E-state index is 6.02. The Morgan fingerprint density at radius 3 is 2.81 bits per heavy atom. The summed E-state index contributed by atoms with van der Waals surface area (Å²) in [4.78, 5) is 0. The molecule has 0 amide bonds. The zero-order valence-corrected chi connectivity index (χ0v) is 13.6. The number of benzene rings is 1. The second kappa shape index (κ2) is 9.29. The lowest BCUT2D eigenvalue weighted by Crippen LogP contribution is -2.20. The zero-order valence-electron chi connectivity index (χ0n) is 12.9. The first-order chi connectivity index (χ1) is 10.3. The Balaban J connectivity index is 1.60. The number of halogens is 1. The molecule has 2 rings (SSSR count). The van der Waals surface area contributed by atoms with Crippen LogP contribution in [-0.2, 0) is 11.3 Å². The molecule has 0 unspecified atom stereocenters. The molecule has 0 aliphatic heterocycles. The molecule has 0 spiro atoms. The molecule has 1 N–H and O–H groups in total. The molecular weight excluding hydrogens is 286 g/mol. The predicted molar refractivity (Wildman–Crippen MR) is 87.2 cm³/mol. The van der Waals surface area contributed by atoms with E-state index in [1.54, 1.807) is 7.11 Å². The Hall–Kier alpha value is -0.770. The van der Waals surface area contributed by atoms with Crippen LogP contribution in [0.5, 0.6) is 5.75 Å². The minimum atomic E-state index is 0.506. The molecule has 4 heteroatoms. The van der Waals surface area contributed by atoms with Gasteiger partial charge in [0.2, 0.25) is 0 Å². The topological polar surface area (TPSA) is 30.5 Å². The Bertz CT molecular complexity index is 419. The highest BCUT2D eigenvalue weighted by molar-refractivity contribution is 6.30. The van der Waals surface area contributed by atoms with Crippen molar-refractivity contribution in [3.05, 3.63) is 28.8 Å². The molecule has 0 atom stereocenters. The molecule has 1 aliphatic rings. The van der Waals surface area contributed by atoms with Gasteiger partial charge < -0.3 is 14.8 Å². The van der Waals surface area contributed by atoms with E-state index in [-0.39, 0.29) is 0 Å². The smallest absolute Gasteiger partial charge is 0.123 e. The molecule has 118 valence electrons. The molecule has 1 aliphatic carbocycles. The van der Waals surface area contributed by atoms with E-state index in [9.17, 15) is 0 Å². The van der Waals surface area contributed by atoms with Gasteiger partial charge in [0, 0.05) is 23.7 Å². The van der Waals surface area contributed by atoms with Crippen LogP contribution < -0.4 is 10.1 Å². The molecule has 0 saturated heterocycles. The van der Waals surface area contributed by atoms with E-state index in [1.807, 2.05) is 18.2 Å². The molecule has 3 nitrogen and oxygen atoms in total. The maximum Gasteiger partial charge on any atom is 0.123 e. The lowest BCUT2D eigenvalue weighted by atomic mass is 9.98. The van der Waals surface area contributed by atoms with E-state index in [2.05, 4.69) is 5.32 Å². The van der Waals surface area contributed by atoms with Gasteiger partial charge in [-0.25, -0.2) is 0 Å². The third kappa shape index (κ3) is 5.85. The minimum Gasteiger partial charge on any atom is -0.496 e. The van der Waals surface area contributed by atoms with Crippen molar-refractivity contribution >= 4 is 11.6 Å². The molecule has 0 bridgehead atoms. The summed E-state index contributed by atoms with van der Waals surface area (Å²) in [5, 5.41) is 4.17. The van der Waals surface area contributed by atoms with Gasteiger partial charge in [-0.05, 0) is 44.0 Å². The number of rotatable bonds is 8. The van der Waals surface area contributed by atoms with E-state index in [4.69, 9.17) is 21.1 Å². The Labute approximate surface area is 133 Å². The quantitative estimate of drug-likeness (QED) is 0.731. The van der Waals surface area contributed by atoms with E-state index in [1.165, 1.54) is 32.1 Å². The molecular formula is C17H26ClNO2. The Morgan fingerprint density at radius 2 is 2.05 bits per heavy atom. The summed E-state index contributed by atoms with van der Waals surface area (Å²) in [5.41, 5.74) is 1.10. The van der Waals surface area contributed by atoms with Crippen LogP contribution >= 0.6 is 11.6 Å². The van der Waals surface area contributed by atoms with Crippen molar-refractivity contribution in [2.45, 2.75) is 51.2 Å².